The Morgan fingerprint density at radius 2 is 2.32 bits per heavy atom. The van der Waals surface area contributed by atoms with Crippen LogP contribution in [0.3, 0.4) is 0 Å². The first-order valence-electron chi connectivity index (χ1n) is 7.85. The molecule has 0 aromatic carbocycles. The zero-order valence-electron chi connectivity index (χ0n) is 11.7. The Hall–Kier alpha value is -0.900. The number of nitrogens with zero attached hydrogens (tertiary/aromatic N) is 2. The first kappa shape index (κ1) is 11.9. The van der Waals surface area contributed by atoms with Crippen LogP contribution in [0.1, 0.15) is 63.1 Å². The van der Waals surface area contributed by atoms with Gasteiger partial charge in [0.25, 0.3) is 0 Å². The van der Waals surface area contributed by atoms with Crippen molar-refractivity contribution in [3.63, 3.8) is 0 Å². The summed E-state index contributed by atoms with van der Waals surface area (Å²) in [6.07, 6.45) is 7.70. The number of rotatable bonds is 3. The van der Waals surface area contributed by atoms with Crippen molar-refractivity contribution in [2.75, 3.05) is 13.1 Å². The van der Waals surface area contributed by atoms with Crippen molar-refractivity contribution in [3.05, 3.63) is 11.7 Å². The van der Waals surface area contributed by atoms with Gasteiger partial charge >= 0.3 is 0 Å². The lowest BCUT2D eigenvalue weighted by atomic mass is 9.84. The van der Waals surface area contributed by atoms with Gasteiger partial charge in [-0.1, -0.05) is 18.5 Å². The molecule has 0 spiro atoms. The predicted octanol–water partition coefficient (Wildman–Crippen LogP) is 2.61. The van der Waals surface area contributed by atoms with Gasteiger partial charge < -0.3 is 9.84 Å². The first-order valence-corrected chi connectivity index (χ1v) is 7.85. The molecule has 104 valence electrons. The van der Waals surface area contributed by atoms with Gasteiger partial charge in [0, 0.05) is 12.5 Å². The summed E-state index contributed by atoms with van der Waals surface area (Å²) >= 11 is 0. The molecular formula is C15H23N3O. The highest BCUT2D eigenvalue weighted by molar-refractivity contribution is 5.13. The SMILES string of the molecule is CCC1(c2nc(C3CC4CCC3C4)no2)CCNC1. The normalized spacial score (nSPS) is 41.2. The van der Waals surface area contributed by atoms with Crippen molar-refractivity contribution < 1.29 is 4.52 Å². The molecule has 0 radical (unpaired) electrons. The van der Waals surface area contributed by atoms with Gasteiger partial charge in [-0.25, -0.2) is 0 Å². The lowest BCUT2D eigenvalue weighted by Gasteiger charge is -2.21. The number of hydrogen-bond acceptors (Lipinski definition) is 4. The van der Waals surface area contributed by atoms with E-state index in [1.807, 2.05) is 0 Å². The predicted molar refractivity (Wildman–Crippen MR) is 71.9 cm³/mol. The van der Waals surface area contributed by atoms with Crippen molar-refractivity contribution in [1.82, 2.24) is 15.5 Å². The molecular weight excluding hydrogens is 238 g/mol. The monoisotopic (exact) mass is 261 g/mol. The molecule has 4 unspecified atom stereocenters. The standard InChI is InChI=1S/C15H23N3O/c1-2-15(5-6-16-9-15)14-17-13(18-19-14)12-8-10-3-4-11(12)7-10/h10-12,16H,2-9H2,1H3. The average Bonchev–Trinajstić information content (AvgIpc) is 3.20. The van der Waals surface area contributed by atoms with E-state index in [0.717, 1.165) is 49.5 Å². The summed E-state index contributed by atoms with van der Waals surface area (Å²) in [4.78, 5) is 4.82. The van der Waals surface area contributed by atoms with Gasteiger partial charge in [0.1, 0.15) is 0 Å². The van der Waals surface area contributed by atoms with Crippen molar-refractivity contribution in [2.45, 2.75) is 56.8 Å². The van der Waals surface area contributed by atoms with Crippen LogP contribution in [0.15, 0.2) is 4.52 Å². The first-order chi connectivity index (χ1) is 9.31. The van der Waals surface area contributed by atoms with Gasteiger partial charge in [0.05, 0.1) is 5.41 Å². The second-order valence-electron chi connectivity index (χ2n) is 6.80. The summed E-state index contributed by atoms with van der Waals surface area (Å²) in [5.41, 5.74) is 0.100. The van der Waals surface area contributed by atoms with Crippen LogP contribution in [0, 0.1) is 11.8 Å². The van der Waals surface area contributed by atoms with Crippen LogP contribution in [0.4, 0.5) is 0 Å². The van der Waals surface area contributed by atoms with Gasteiger partial charge in [0.2, 0.25) is 5.89 Å². The number of hydrogen-bond donors (Lipinski definition) is 1. The van der Waals surface area contributed by atoms with E-state index in [1.54, 1.807) is 0 Å². The second kappa shape index (κ2) is 4.30. The van der Waals surface area contributed by atoms with E-state index in [2.05, 4.69) is 17.4 Å². The maximum absolute atomic E-state index is 5.66. The summed E-state index contributed by atoms with van der Waals surface area (Å²) in [5, 5.41) is 7.78. The van der Waals surface area contributed by atoms with Crippen LogP contribution >= 0.6 is 0 Å². The van der Waals surface area contributed by atoms with E-state index in [9.17, 15) is 0 Å². The molecule has 4 nitrogen and oxygen atoms in total. The average molecular weight is 261 g/mol. The highest BCUT2D eigenvalue weighted by Gasteiger charge is 2.44. The van der Waals surface area contributed by atoms with Crippen LogP contribution in [-0.4, -0.2) is 23.2 Å². The molecule has 2 bridgehead atoms. The topological polar surface area (TPSA) is 51.0 Å². The Balaban J connectivity index is 1.59. The van der Waals surface area contributed by atoms with Gasteiger partial charge in [-0.2, -0.15) is 4.98 Å². The maximum Gasteiger partial charge on any atom is 0.234 e. The van der Waals surface area contributed by atoms with Gasteiger partial charge in [0.15, 0.2) is 5.82 Å². The summed E-state index contributed by atoms with van der Waals surface area (Å²) in [7, 11) is 0. The number of aromatic nitrogens is 2. The van der Waals surface area contributed by atoms with E-state index >= 15 is 0 Å². The third-order valence-electron chi connectivity index (χ3n) is 5.89. The lowest BCUT2D eigenvalue weighted by Crippen LogP contribution is -2.28. The van der Waals surface area contributed by atoms with E-state index < -0.39 is 0 Å². The quantitative estimate of drug-likeness (QED) is 0.908. The molecule has 1 N–H and O–H groups in total. The third-order valence-corrected chi connectivity index (χ3v) is 5.89. The molecule has 1 saturated heterocycles. The Bertz CT molecular complexity index is 464. The smallest absolute Gasteiger partial charge is 0.234 e. The molecule has 2 saturated carbocycles. The third kappa shape index (κ3) is 1.76. The van der Waals surface area contributed by atoms with Crippen LogP contribution < -0.4 is 5.32 Å². The molecule has 3 aliphatic rings. The summed E-state index contributed by atoms with van der Waals surface area (Å²) in [5.74, 6) is 4.24. The molecule has 2 aliphatic carbocycles. The van der Waals surface area contributed by atoms with Crippen LogP contribution in [-0.2, 0) is 5.41 Å². The largest absolute Gasteiger partial charge is 0.339 e. The minimum atomic E-state index is 0.100. The van der Waals surface area contributed by atoms with Crippen molar-refractivity contribution >= 4 is 0 Å². The summed E-state index contributed by atoms with van der Waals surface area (Å²) in [6, 6.07) is 0. The molecule has 1 aromatic rings. The highest BCUT2D eigenvalue weighted by atomic mass is 16.5. The summed E-state index contributed by atoms with van der Waals surface area (Å²) in [6.45, 7) is 4.29. The van der Waals surface area contributed by atoms with E-state index in [-0.39, 0.29) is 5.41 Å². The van der Waals surface area contributed by atoms with Crippen LogP contribution in [0.2, 0.25) is 0 Å². The Labute approximate surface area is 114 Å². The Morgan fingerprint density at radius 3 is 2.95 bits per heavy atom. The zero-order chi connectivity index (χ0) is 12.9. The molecule has 3 fully saturated rings. The van der Waals surface area contributed by atoms with Crippen LogP contribution in [0.5, 0.6) is 0 Å². The molecule has 0 amide bonds. The number of fused-ring (bicyclic) bond motifs is 2. The second-order valence-corrected chi connectivity index (χ2v) is 6.80. The van der Waals surface area contributed by atoms with Crippen molar-refractivity contribution in [3.8, 4) is 0 Å². The van der Waals surface area contributed by atoms with E-state index in [1.165, 1.54) is 25.7 Å². The molecule has 1 aliphatic heterocycles. The van der Waals surface area contributed by atoms with Crippen molar-refractivity contribution in [2.24, 2.45) is 11.8 Å². The Kier molecular flexibility index (Phi) is 2.69. The van der Waals surface area contributed by atoms with Gasteiger partial charge in [-0.05, 0) is 50.5 Å². The highest BCUT2D eigenvalue weighted by Crippen LogP contribution is 2.52. The Morgan fingerprint density at radius 1 is 1.37 bits per heavy atom. The van der Waals surface area contributed by atoms with Crippen molar-refractivity contribution in [1.29, 1.82) is 0 Å². The molecule has 4 atom stereocenters. The van der Waals surface area contributed by atoms with Gasteiger partial charge in [-0.3, -0.25) is 0 Å². The molecule has 1 aromatic heterocycles. The molecule has 4 heteroatoms. The lowest BCUT2D eigenvalue weighted by molar-refractivity contribution is 0.281. The number of nitrogens with one attached hydrogen (secondary N) is 1. The molecule has 4 rings (SSSR count). The fourth-order valence-electron chi connectivity index (χ4n) is 4.54. The summed E-state index contributed by atoms with van der Waals surface area (Å²) < 4.78 is 5.66. The fourth-order valence-corrected chi connectivity index (χ4v) is 4.54. The zero-order valence-corrected chi connectivity index (χ0v) is 11.7. The minimum Gasteiger partial charge on any atom is -0.339 e. The van der Waals surface area contributed by atoms with Crippen LogP contribution in [0.25, 0.3) is 0 Å². The van der Waals surface area contributed by atoms with Gasteiger partial charge in [-0.15, -0.1) is 0 Å². The molecule has 2 heterocycles. The maximum atomic E-state index is 5.66. The van der Waals surface area contributed by atoms with E-state index in [0.29, 0.717) is 5.92 Å². The molecule has 19 heavy (non-hydrogen) atoms. The minimum absolute atomic E-state index is 0.100. The van der Waals surface area contributed by atoms with E-state index in [4.69, 9.17) is 9.51 Å². The fraction of sp³-hybridized carbons (Fsp3) is 0.867.